The van der Waals surface area contributed by atoms with Gasteiger partial charge in [0.1, 0.15) is 24.0 Å². The Morgan fingerprint density at radius 3 is 2.74 bits per heavy atom. The van der Waals surface area contributed by atoms with Crippen LogP contribution in [0.15, 0.2) is 54.2 Å². The van der Waals surface area contributed by atoms with Gasteiger partial charge in [-0.3, -0.25) is 4.79 Å². The molecular formula is C29H33N3O2. The minimum Gasteiger partial charge on any atom is -0.491 e. The van der Waals surface area contributed by atoms with E-state index >= 15 is 0 Å². The Morgan fingerprint density at radius 1 is 1.24 bits per heavy atom. The van der Waals surface area contributed by atoms with Crippen LogP contribution < -0.4 is 10.1 Å². The summed E-state index contributed by atoms with van der Waals surface area (Å²) >= 11 is 0. The summed E-state index contributed by atoms with van der Waals surface area (Å²) in [5, 5.41) is 13.7. The van der Waals surface area contributed by atoms with Gasteiger partial charge in [-0.1, -0.05) is 57.0 Å². The van der Waals surface area contributed by atoms with Crippen molar-refractivity contribution in [1.82, 2.24) is 9.88 Å². The molecule has 0 aliphatic heterocycles. The van der Waals surface area contributed by atoms with Crippen LogP contribution in [-0.4, -0.2) is 23.1 Å². The minimum atomic E-state index is -0.282. The predicted octanol–water partition coefficient (Wildman–Crippen LogP) is 6.12. The fraction of sp³-hybridized carbons (Fsp3) is 0.379. The van der Waals surface area contributed by atoms with Gasteiger partial charge < -0.3 is 14.6 Å². The van der Waals surface area contributed by atoms with E-state index in [4.69, 9.17) is 4.74 Å². The lowest BCUT2D eigenvalue weighted by atomic mass is 10.0. The molecule has 3 aromatic rings. The smallest absolute Gasteiger partial charge is 0.262 e. The first-order valence-corrected chi connectivity index (χ1v) is 12.2. The van der Waals surface area contributed by atoms with Crippen molar-refractivity contribution in [2.24, 2.45) is 0 Å². The highest BCUT2D eigenvalue weighted by molar-refractivity contribution is 6.04. The van der Waals surface area contributed by atoms with E-state index < -0.39 is 0 Å². The number of ether oxygens (including phenoxy) is 1. The topological polar surface area (TPSA) is 67.0 Å². The third-order valence-corrected chi connectivity index (χ3v) is 6.56. The number of hydrogen-bond acceptors (Lipinski definition) is 3. The Balaban J connectivity index is 1.54. The summed E-state index contributed by atoms with van der Waals surface area (Å²) < 4.78 is 8.34. The molecule has 1 aromatic heterocycles. The lowest BCUT2D eigenvalue weighted by Gasteiger charge is -2.15. The Labute approximate surface area is 202 Å². The molecule has 1 heterocycles. The van der Waals surface area contributed by atoms with E-state index in [0.717, 1.165) is 47.9 Å². The number of rotatable bonds is 8. The maximum atomic E-state index is 12.7. The molecular weight excluding hydrogens is 422 g/mol. The second kappa shape index (κ2) is 10.6. The van der Waals surface area contributed by atoms with Crippen molar-refractivity contribution in [3.63, 3.8) is 0 Å². The number of aromatic nitrogens is 1. The number of amides is 1. The van der Waals surface area contributed by atoms with Gasteiger partial charge in [-0.05, 0) is 55.0 Å². The number of benzene rings is 2. The molecule has 2 aromatic carbocycles. The van der Waals surface area contributed by atoms with E-state index in [1.807, 2.05) is 24.4 Å². The Bertz CT molecular complexity index is 1240. The fourth-order valence-electron chi connectivity index (χ4n) is 4.71. The molecule has 1 saturated carbocycles. The van der Waals surface area contributed by atoms with Crippen LogP contribution in [0, 0.1) is 18.3 Å². The number of nitrogens with zero attached hydrogens (tertiary/aromatic N) is 2. The summed E-state index contributed by atoms with van der Waals surface area (Å²) in [5.41, 5.74) is 4.45. The number of para-hydroxylation sites is 1. The zero-order valence-corrected chi connectivity index (χ0v) is 20.3. The van der Waals surface area contributed by atoms with Crippen LogP contribution in [0.5, 0.6) is 5.75 Å². The SMILES string of the molecule is Cc1ccc(C(C)C)c(OCCn2cc(C=C(C#N)C(=O)NC3CCCC3)c3ccccc32)c1. The quantitative estimate of drug-likeness (QED) is 0.329. The van der Waals surface area contributed by atoms with Gasteiger partial charge in [0, 0.05) is 28.7 Å². The number of carbonyl (C=O) groups excluding carboxylic acids is 1. The van der Waals surface area contributed by atoms with Gasteiger partial charge >= 0.3 is 0 Å². The Morgan fingerprint density at radius 2 is 2.00 bits per heavy atom. The van der Waals surface area contributed by atoms with Gasteiger partial charge in [0.05, 0.1) is 6.54 Å². The lowest BCUT2D eigenvalue weighted by molar-refractivity contribution is -0.117. The van der Waals surface area contributed by atoms with Crippen molar-refractivity contribution in [3.05, 3.63) is 70.9 Å². The van der Waals surface area contributed by atoms with E-state index in [1.54, 1.807) is 6.08 Å². The number of carbonyl (C=O) groups is 1. The highest BCUT2D eigenvalue weighted by Gasteiger charge is 2.20. The third kappa shape index (κ3) is 5.34. The number of nitrogens with one attached hydrogen (secondary N) is 1. The molecule has 1 aliphatic rings. The molecule has 0 saturated heterocycles. The molecule has 0 atom stereocenters. The summed E-state index contributed by atoms with van der Waals surface area (Å²) in [7, 11) is 0. The summed E-state index contributed by atoms with van der Waals surface area (Å²) in [6, 6.07) is 16.7. The second-order valence-corrected chi connectivity index (χ2v) is 9.46. The maximum absolute atomic E-state index is 12.7. The third-order valence-electron chi connectivity index (χ3n) is 6.56. The van der Waals surface area contributed by atoms with Crippen LogP contribution in [0.2, 0.25) is 0 Å². The molecule has 5 heteroatoms. The Kier molecular flexibility index (Phi) is 7.37. The highest BCUT2D eigenvalue weighted by atomic mass is 16.5. The standard InChI is InChI=1S/C29H33N3O2/c1-20(2)25-13-12-21(3)16-28(25)34-15-14-32-19-23(26-10-6-7-11-27(26)32)17-22(18-30)29(33)31-24-8-4-5-9-24/h6-7,10-13,16-17,19-20,24H,4-5,8-9,14-15H2,1-3H3,(H,31,33). The van der Waals surface area contributed by atoms with Crippen molar-refractivity contribution in [2.45, 2.75) is 65.0 Å². The van der Waals surface area contributed by atoms with Crippen molar-refractivity contribution in [3.8, 4) is 11.8 Å². The zero-order chi connectivity index (χ0) is 24.1. The van der Waals surface area contributed by atoms with Gasteiger partial charge in [-0.15, -0.1) is 0 Å². The maximum Gasteiger partial charge on any atom is 0.262 e. The molecule has 1 N–H and O–H groups in total. The van der Waals surface area contributed by atoms with Crippen LogP contribution in [0.1, 0.15) is 62.1 Å². The minimum absolute atomic E-state index is 0.146. The summed E-state index contributed by atoms with van der Waals surface area (Å²) in [6.07, 6.45) is 7.96. The average molecular weight is 456 g/mol. The number of aryl methyl sites for hydroxylation is 1. The molecule has 0 unspecified atom stereocenters. The number of nitriles is 1. The summed E-state index contributed by atoms with van der Waals surface area (Å²) in [4.78, 5) is 12.7. The summed E-state index contributed by atoms with van der Waals surface area (Å²) in [5.74, 6) is 1.04. The molecule has 0 radical (unpaired) electrons. The van der Waals surface area contributed by atoms with Crippen LogP contribution >= 0.6 is 0 Å². The van der Waals surface area contributed by atoms with Crippen LogP contribution in [0.4, 0.5) is 0 Å². The zero-order valence-electron chi connectivity index (χ0n) is 20.3. The largest absolute Gasteiger partial charge is 0.491 e. The lowest BCUT2D eigenvalue weighted by Crippen LogP contribution is -2.33. The van der Waals surface area contributed by atoms with Crippen molar-refractivity contribution in [2.75, 3.05) is 6.61 Å². The molecule has 1 aliphatic carbocycles. The Hall–Kier alpha value is -3.52. The first kappa shape index (κ1) is 23.6. The second-order valence-electron chi connectivity index (χ2n) is 9.46. The van der Waals surface area contributed by atoms with E-state index in [9.17, 15) is 10.1 Å². The molecule has 1 fully saturated rings. The van der Waals surface area contributed by atoms with E-state index in [1.165, 1.54) is 11.1 Å². The number of fused-ring (bicyclic) bond motifs is 1. The highest BCUT2D eigenvalue weighted by Crippen LogP contribution is 2.28. The fourth-order valence-corrected chi connectivity index (χ4v) is 4.71. The van der Waals surface area contributed by atoms with Crippen LogP contribution in [-0.2, 0) is 11.3 Å². The number of hydrogen-bond donors (Lipinski definition) is 1. The molecule has 0 spiro atoms. The van der Waals surface area contributed by atoms with Crippen molar-refractivity contribution in [1.29, 1.82) is 5.26 Å². The normalized spacial score (nSPS) is 14.5. The van der Waals surface area contributed by atoms with Gasteiger partial charge in [0.2, 0.25) is 0 Å². The monoisotopic (exact) mass is 455 g/mol. The van der Waals surface area contributed by atoms with Crippen molar-refractivity contribution >= 4 is 22.9 Å². The van der Waals surface area contributed by atoms with Crippen molar-refractivity contribution < 1.29 is 9.53 Å². The van der Waals surface area contributed by atoms with Crippen LogP contribution in [0.3, 0.4) is 0 Å². The molecule has 176 valence electrons. The van der Waals surface area contributed by atoms with Gasteiger partial charge in [0.15, 0.2) is 0 Å². The van der Waals surface area contributed by atoms with E-state index in [0.29, 0.717) is 19.1 Å². The predicted molar refractivity (Wildman–Crippen MR) is 137 cm³/mol. The van der Waals surface area contributed by atoms with E-state index in [2.05, 4.69) is 61.0 Å². The molecule has 4 rings (SSSR count). The first-order chi connectivity index (χ1) is 16.5. The summed E-state index contributed by atoms with van der Waals surface area (Å²) in [6.45, 7) is 7.61. The molecule has 0 bridgehead atoms. The molecule has 5 nitrogen and oxygen atoms in total. The van der Waals surface area contributed by atoms with Gasteiger partial charge in [-0.25, -0.2) is 0 Å². The van der Waals surface area contributed by atoms with Crippen LogP contribution in [0.25, 0.3) is 17.0 Å². The molecule has 1 amide bonds. The van der Waals surface area contributed by atoms with Gasteiger partial charge in [-0.2, -0.15) is 5.26 Å². The van der Waals surface area contributed by atoms with Gasteiger partial charge in [0.25, 0.3) is 5.91 Å². The average Bonchev–Trinajstić information content (AvgIpc) is 3.45. The molecule has 34 heavy (non-hydrogen) atoms. The van der Waals surface area contributed by atoms with E-state index in [-0.39, 0.29) is 17.5 Å². The first-order valence-electron chi connectivity index (χ1n) is 12.2.